The molecule has 0 aliphatic heterocycles. The van der Waals surface area contributed by atoms with E-state index in [1.165, 1.54) is 12.8 Å². The summed E-state index contributed by atoms with van der Waals surface area (Å²) in [5, 5.41) is 0. The van der Waals surface area contributed by atoms with Crippen molar-refractivity contribution < 1.29 is 9.47 Å². The van der Waals surface area contributed by atoms with E-state index in [4.69, 9.17) is 15.2 Å². The maximum absolute atomic E-state index is 5.98. The van der Waals surface area contributed by atoms with Crippen molar-refractivity contribution in [2.45, 2.75) is 32.1 Å². The zero-order valence-electron chi connectivity index (χ0n) is 12.1. The van der Waals surface area contributed by atoms with Crippen LogP contribution in [0.3, 0.4) is 0 Å². The first-order chi connectivity index (χ1) is 10.3. The topological polar surface area (TPSA) is 70.3 Å². The van der Waals surface area contributed by atoms with E-state index in [2.05, 4.69) is 9.97 Å². The Morgan fingerprint density at radius 2 is 1.90 bits per heavy atom. The number of hydrogen-bond donors (Lipinski definition) is 1. The highest BCUT2D eigenvalue weighted by Crippen LogP contribution is 2.35. The van der Waals surface area contributed by atoms with Crippen LogP contribution in [0.2, 0.25) is 0 Å². The third-order valence-electron chi connectivity index (χ3n) is 3.73. The SMILES string of the molecule is COc1ccc(N)cc1Oc1ncnc2c1CCCCC2. The normalized spacial score (nSPS) is 14.1. The Hall–Kier alpha value is -2.30. The summed E-state index contributed by atoms with van der Waals surface area (Å²) >= 11 is 0. The van der Waals surface area contributed by atoms with Gasteiger partial charge in [-0.05, 0) is 37.8 Å². The number of nitrogen functional groups attached to an aromatic ring is 1. The van der Waals surface area contributed by atoms with Gasteiger partial charge in [-0.15, -0.1) is 0 Å². The maximum Gasteiger partial charge on any atom is 0.225 e. The summed E-state index contributed by atoms with van der Waals surface area (Å²) in [6.07, 6.45) is 7.05. The molecule has 1 aliphatic carbocycles. The van der Waals surface area contributed by atoms with Gasteiger partial charge in [-0.3, -0.25) is 0 Å². The second-order valence-electron chi connectivity index (χ2n) is 5.18. The molecule has 0 atom stereocenters. The third-order valence-corrected chi connectivity index (χ3v) is 3.73. The second kappa shape index (κ2) is 5.99. The summed E-state index contributed by atoms with van der Waals surface area (Å²) in [6.45, 7) is 0. The van der Waals surface area contributed by atoms with Gasteiger partial charge >= 0.3 is 0 Å². The minimum Gasteiger partial charge on any atom is -0.493 e. The number of aromatic nitrogens is 2. The Balaban J connectivity index is 1.97. The molecule has 5 nitrogen and oxygen atoms in total. The second-order valence-corrected chi connectivity index (χ2v) is 5.18. The van der Waals surface area contributed by atoms with E-state index in [0.29, 0.717) is 23.1 Å². The van der Waals surface area contributed by atoms with E-state index in [-0.39, 0.29) is 0 Å². The predicted octanol–water partition coefficient (Wildman–Crippen LogP) is 3.13. The fraction of sp³-hybridized carbons (Fsp3) is 0.375. The summed E-state index contributed by atoms with van der Waals surface area (Å²) < 4.78 is 11.3. The monoisotopic (exact) mass is 285 g/mol. The first kappa shape index (κ1) is 13.7. The summed E-state index contributed by atoms with van der Waals surface area (Å²) in [5.74, 6) is 1.85. The molecule has 0 saturated heterocycles. The first-order valence-corrected chi connectivity index (χ1v) is 7.22. The van der Waals surface area contributed by atoms with E-state index in [9.17, 15) is 0 Å². The van der Waals surface area contributed by atoms with Gasteiger partial charge in [0.15, 0.2) is 11.5 Å². The molecule has 0 saturated carbocycles. The molecule has 1 aromatic heterocycles. The highest BCUT2D eigenvalue weighted by atomic mass is 16.5. The highest BCUT2D eigenvalue weighted by Gasteiger charge is 2.17. The van der Waals surface area contributed by atoms with E-state index in [1.54, 1.807) is 31.6 Å². The minimum atomic E-state index is 0.586. The van der Waals surface area contributed by atoms with Gasteiger partial charge in [-0.1, -0.05) is 6.42 Å². The molecule has 0 unspecified atom stereocenters. The lowest BCUT2D eigenvalue weighted by Gasteiger charge is -2.14. The van der Waals surface area contributed by atoms with Gasteiger partial charge < -0.3 is 15.2 Å². The Labute approximate surface area is 124 Å². The lowest BCUT2D eigenvalue weighted by molar-refractivity contribution is 0.372. The summed E-state index contributed by atoms with van der Waals surface area (Å²) in [7, 11) is 1.61. The Bertz CT molecular complexity index is 643. The smallest absolute Gasteiger partial charge is 0.225 e. The van der Waals surface area contributed by atoms with E-state index < -0.39 is 0 Å². The Morgan fingerprint density at radius 3 is 2.76 bits per heavy atom. The number of ether oxygens (including phenoxy) is 2. The van der Waals surface area contributed by atoms with Crippen molar-refractivity contribution in [3.05, 3.63) is 35.8 Å². The number of nitrogens with zero attached hydrogens (tertiary/aromatic N) is 2. The van der Waals surface area contributed by atoms with Gasteiger partial charge in [0.25, 0.3) is 0 Å². The zero-order valence-corrected chi connectivity index (χ0v) is 12.1. The molecule has 0 spiro atoms. The van der Waals surface area contributed by atoms with Gasteiger partial charge in [0.05, 0.1) is 12.8 Å². The molecule has 110 valence electrons. The molecule has 0 fully saturated rings. The van der Waals surface area contributed by atoms with Crippen LogP contribution < -0.4 is 15.2 Å². The number of nitrogens with two attached hydrogens (primary N) is 1. The van der Waals surface area contributed by atoms with Crippen molar-refractivity contribution in [1.29, 1.82) is 0 Å². The number of benzene rings is 1. The van der Waals surface area contributed by atoms with Gasteiger partial charge in [-0.25, -0.2) is 9.97 Å². The van der Waals surface area contributed by atoms with Crippen LogP contribution in [0.4, 0.5) is 5.69 Å². The van der Waals surface area contributed by atoms with Crippen molar-refractivity contribution in [3.63, 3.8) is 0 Å². The summed E-state index contributed by atoms with van der Waals surface area (Å²) in [5.41, 5.74) is 8.67. The van der Waals surface area contributed by atoms with Crippen LogP contribution in [-0.4, -0.2) is 17.1 Å². The number of methoxy groups -OCH3 is 1. The maximum atomic E-state index is 5.98. The molecule has 0 amide bonds. The molecule has 2 N–H and O–H groups in total. The number of hydrogen-bond acceptors (Lipinski definition) is 5. The lowest BCUT2D eigenvalue weighted by atomic mass is 10.1. The molecule has 0 bridgehead atoms. The average molecular weight is 285 g/mol. The standard InChI is InChI=1S/C16H19N3O2/c1-20-14-8-7-11(17)9-15(14)21-16-12-5-3-2-4-6-13(12)18-10-19-16/h7-10H,2-6,17H2,1H3. The fourth-order valence-electron chi connectivity index (χ4n) is 2.63. The van der Waals surface area contributed by atoms with E-state index in [1.807, 2.05) is 0 Å². The predicted molar refractivity (Wildman–Crippen MR) is 80.8 cm³/mol. The van der Waals surface area contributed by atoms with Crippen LogP contribution in [0, 0.1) is 0 Å². The van der Waals surface area contributed by atoms with E-state index >= 15 is 0 Å². The van der Waals surface area contributed by atoms with Crippen molar-refractivity contribution in [2.75, 3.05) is 12.8 Å². The minimum absolute atomic E-state index is 0.586. The number of aryl methyl sites for hydroxylation is 1. The van der Waals surface area contributed by atoms with Crippen LogP contribution in [-0.2, 0) is 12.8 Å². The summed E-state index contributed by atoms with van der Waals surface area (Å²) in [6, 6.07) is 5.33. The number of fused-ring (bicyclic) bond motifs is 1. The Kier molecular flexibility index (Phi) is 3.90. The molecule has 3 rings (SSSR count). The molecule has 1 aliphatic rings. The van der Waals surface area contributed by atoms with Gasteiger partial charge in [0, 0.05) is 17.3 Å². The number of rotatable bonds is 3. The van der Waals surface area contributed by atoms with E-state index in [0.717, 1.165) is 30.5 Å². The third kappa shape index (κ3) is 2.91. The zero-order chi connectivity index (χ0) is 14.7. The van der Waals surface area contributed by atoms with Crippen molar-refractivity contribution in [1.82, 2.24) is 9.97 Å². The van der Waals surface area contributed by atoms with Crippen LogP contribution in [0.25, 0.3) is 0 Å². The molecule has 1 heterocycles. The van der Waals surface area contributed by atoms with Crippen molar-refractivity contribution >= 4 is 5.69 Å². The molecule has 2 aromatic rings. The fourth-order valence-corrected chi connectivity index (χ4v) is 2.63. The van der Waals surface area contributed by atoms with Crippen LogP contribution in [0.15, 0.2) is 24.5 Å². The molecule has 5 heteroatoms. The molecular formula is C16H19N3O2. The largest absolute Gasteiger partial charge is 0.493 e. The number of anilines is 1. The Morgan fingerprint density at radius 1 is 1.05 bits per heavy atom. The summed E-state index contributed by atoms with van der Waals surface area (Å²) in [4.78, 5) is 8.70. The van der Waals surface area contributed by atoms with Crippen molar-refractivity contribution in [2.24, 2.45) is 0 Å². The van der Waals surface area contributed by atoms with Gasteiger partial charge in [-0.2, -0.15) is 0 Å². The van der Waals surface area contributed by atoms with Gasteiger partial charge in [0.1, 0.15) is 6.33 Å². The van der Waals surface area contributed by atoms with Gasteiger partial charge in [0.2, 0.25) is 5.88 Å². The molecular weight excluding hydrogens is 266 g/mol. The highest BCUT2D eigenvalue weighted by molar-refractivity contribution is 5.53. The van der Waals surface area contributed by atoms with Crippen LogP contribution in [0.1, 0.15) is 30.5 Å². The first-order valence-electron chi connectivity index (χ1n) is 7.22. The van der Waals surface area contributed by atoms with Crippen molar-refractivity contribution in [3.8, 4) is 17.4 Å². The van der Waals surface area contributed by atoms with Crippen LogP contribution in [0.5, 0.6) is 17.4 Å². The lowest BCUT2D eigenvalue weighted by Crippen LogP contribution is -2.02. The average Bonchev–Trinajstić information content (AvgIpc) is 2.74. The molecule has 0 radical (unpaired) electrons. The quantitative estimate of drug-likeness (QED) is 0.693. The molecule has 21 heavy (non-hydrogen) atoms. The van der Waals surface area contributed by atoms with Crippen LogP contribution >= 0.6 is 0 Å². The molecule has 1 aromatic carbocycles.